The molecule has 80 valence electrons. The lowest BCUT2D eigenvalue weighted by molar-refractivity contribution is 0.673. The van der Waals surface area contributed by atoms with Crippen LogP contribution < -0.4 is 5.73 Å². The molecule has 2 rings (SSSR count). The predicted molar refractivity (Wildman–Crippen MR) is 66.0 cm³/mol. The number of thiophene rings is 1. The van der Waals surface area contributed by atoms with Gasteiger partial charge in [0.25, 0.3) is 0 Å². The Morgan fingerprint density at radius 3 is 2.80 bits per heavy atom. The summed E-state index contributed by atoms with van der Waals surface area (Å²) in [6.45, 7) is 1.97. The van der Waals surface area contributed by atoms with Gasteiger partial charge in [0.15, 0.2) is 0 Å². The smallest absolute Gasteiger partial charge is 0.0828 e. The molecule has 0 radical (unpaired) electrons. The molecular weight excluding hydrogens is 274 g/mol. The van der Waals surface area contributed by atoms with Crippen LogP contribution in [-0.2, 0) is 7.05 Å². The average molecular weight is 286 g/mol. The zero-order chi connectivity index (χ0) is 11.0. The van der Waals surface area contributed by atoms with Crippen molar-refractivity contribution in [3.63, 3.8) is 0 Å². The van der Waals surface area contributed by atoms with Gasteiger partial charge in [-0.1, -0.05) is 0 Å². The molecule has 0 bridgehead atoms. The van der Waals surface area contributed by atoms with E-state index in [-0.39, 0.29) is 6.04 Å². The number of hydrogen-bond acceptors (Lipinski definition) is 3. The van der Waals surface area contributed by atoms with Crippen LogP contribution >= 0.6 is 27.3 Å². The van der Waals surface area contributed by atoms with Crippen molar-refractivity contribution in [2.24, 2.45) is 12.8 Å². The highest BCUT2D eigenvalue weighted by Crippen LogP contribution is 2.31. The largest absolute Gasteiger partial charge is 0.318 e. The zero-order valence-corrected chi connectivity index (χ0v) is 11.0. The Morgan fingerprint density at radius 1 is 1.60 bits per heavy atom. The number of aryl methyl sites for hydroxylation is 2. The van der Waals surface area contributed by atoms with Crippen LogP contribution in [0, 0.1) is 6.92 Å². The van der Waals surface area contributed by atoms with E-state index in [0.29, 0.717) is 0 Å². The molecule has 0 aliphatic heterocycles. The molecule has 1 unspecified atom stereocenters. The Morgan fingerprint density at radius 2 is 2.33 bits per heavy atom. The third-order valence-electron chi connectivity index (χ3n) is 2.28. The SMILES string of the molecule is Cc1cc(C(N)c2sccc2Br)n(C)n1. The monoisotopic (exact) mass is 285 g/mol. The zero-order valence-electron chi connectivity index (χ0n) is 8.57. The Labute approximate surface area is 101 Å². The van der Waals surface area contributed by atoms with Crippen molar-refractivity contribution in [2.75, 3.05) is 0 Å². The highest BCUT2D eigenvalue weighted by Gasteiger charge is 2.17. The van der Waals surface area contributed by atoms with E-state index in [9.17, 15) is 0 Å². The molecule has 2 aromatic heterocycles. The number of nitrogens with zero attached hydrogens (tertiary/aromatic N) is 2. The molecule has 0 aliphatic carbocycles. The first-order chi connectivity index (χ1) is 7.09. The predicted octanol–water partition coefficient (Wildman–Crippen LogP) is 2.60. The summed E-state index contributed by atoms with van der Waals surface area (Å²) in [6.07, 6.45) is 0. The van der Waals surface area contributed by atoms with Crippen LogP contribution in [0.3, 0.4) is 0 Å². The number of halogens is 1. The minimum atomic E-state index is -0.106. The van der Waals surface area contributed by atoms with Crippen molar-refractivity contribution in [1.29, 1.82) is 0 Å². The molecule has 0 aromatic carbocycles. The van der Waals surface area contributed by atoms with Crippen LogP contribution in [0.4, 0.5) is 0 Å². The van der Waals surface area contributed by atoms with E-state index in [1.807, 2.05) is 36.2 Å². The molecule has 0 amide bonds. The quantitative estimate of drug-likeness (QED) is 0.922. The van der Waals surface area contributed by atoms with E-state index in [2.05, 4.69) is 21.0 Å². The highest BCUT2D eigenvalue weighted by molar-refractivity contribution is 9.10. The van der Waals surface area contributed by atoms with Gasteiger partial charge in [-0.2, -0.15) is 5.10 Å². The molecule has 3 nitrogen and oxygen atoms in total. The molecule has 0 aliphatic rings. The van der Waals surface area contributed by atoms with Crippen LogP contribution in [-0.4, -0.2) is 9.78 Å². The Kier molecular flexibility index (Phi) is 2.95. The molecule has 2 heterocycles. The molecule has 5 heteroatoms. The molecule has 0 saturated carbocycles. The van der Waals surface area contributed by atoms with Crippen LogP contribution in [0.15, 0.2) is 22.0 Å². The maximum Gasteiger partial charge on any atom is 0.0828 e. The van der Waals surface area contributed by atoms with Crippen molar-refractivity contribution in [3.05, 3.63) is 38.3 Å². The van der Waals surface area contributed by atoms with Gasteiger partial charge in [-0.3, -0.25) is 4.68 Å². The van der Waals surface area contributed by atoms with Gasteiger partial charge in [0.05, 0.1) is 17.4 Å². The maximum atomic E-state index is 6.20. The van der Waals surface area contributed by atoms with Gasteiger partial charge >= 0.3 is 0 Å². The third-order valence-corrected chi connectivity index (χ3v) is 4.24. The number of aromatic nitrogens is 2. The second-order valence-corrected chi connectivity index (χ2v) is 5.25. The van der Waals surface area contributed by atoms with E-state index in [1.165, 1.54) is 0 Å². The summed E-state index contributed by atoms with van der Waals surface area (Å²) in [5.41, 5.74) is 8.23. The molecule has 2 N–H and O–H groups in total. The second kappa shape index (κ2) is 4.08. The normalized spacial score (nSPS) is 13.1. The lowest BCUT2D eigenvalue weighted by atomic mass is 10.2. The average Bonchev–Trinajstić information content (AvgIpc) is 2.71. The Balaban J connectivity index is 2.40. The summed E-state index contributed by atoms with van der Waals surface area (Å²) in [4.78, 5) is 1.14. The summed E-state index contributed by atoms with van der Waals surface area (Å²) < 4.78 is 2.91. The number of hydrogen-bond donors (Lipinski definition) is 1. The van der Waals surface area contributed by atoms with Crippen molar-refractivity contribution in [3.8, 4) is 0 Å². The van der Waals surface area contributed by atoms with Crippen LogP contribution in [0.5, 0.6) is 0 Å². The van der Waals surface area contributed by atoms with Gasteiger partial charge in [-0.25, -0.2) is 0 Å². The van der Waals surface area contributed by atoms with E-state index >= 15 is 0 Å². The summed E-state index contributed by atoms with van der Waals surface area (Å²) in [6, 6.07) is 3.94. The highest BCUT2D eigenvalue weighted by atomic mass is 79.9. The number of nitrogens with two attached hydrogens (primary N) is 1. The van der Waals surface area contributed by atoms with Gasteiger partial charge in [0, 0.05) is 16.4 Å². The van der Waals surface area contributed by atoms with Crippen molar-refractivity contribution >= 4 is 27.3 Å². The lowest BCUT2D eigenvalue weighted by Gasteiger charge is -2.10. The molecule has 2 aromatic rings. The summed E-state index contributed by atoms with van der Waals surface area (Å²) in [5, 5.41) is 6.33. The molecule has 0 spiro atoms. The van der Waals surface area contributed by atoms with Crippen molar-refractivity contribution in [2.45, 2.75) is 13.0 Å². The third kappa shape index (κ3) is 2.00. The first kappa shape index (κ1) is 10.9. The van der Waals surface area contributed by atoms with Crippen LogP contribution in [0.1, 0.15) is 22.3 Å². The van der Waals surface area contributed by atoms with E-state index in [1.54, 1.807) is 11.3 Å². The van der Waals surface area contributed by atoms with Crippen LogP contribution in [0.2, 0.25) is 0 Å². The van der Waals surface area contributed by atoms with Gasteiger partial charge in [-0.15, -0.1) is 11.3 Å². The lowest BCUT2D eigenvalue weighted by Crippen LogP contribution is -2.15. The fourth-order valence-corrected chi connectivity index (χ4v) is 3.22. The van der Waals surface area contributed by atoms with Gasteiger partial charge in [0.1, 0.15) is 0 Å². The fourth-order valence-electron chi connectivity index (χ4n) is 1.58. The van der Waals surface area contributed by atoms with Gasteiger partial charge < -0.3 is 5.73 Å². The summed E-state index contributed by atoms with van der Waals surface area (Å²) in [7, 11) is 1.92. The fraction of sp³-hybridized carbons (Fsp3) is 0.300. The minimum Gasteiger partial charge on any atom is -0.318 e. The standard InChI is InChI=1S/C10H12BrN3S/c1-6-5-8(14(2)13-6)9(12)10-7(11)3-4-15-10/h3-5,9H,12H2,1-2H3. The molecule has 0 saturated heterocycles. The minimum absolute atomic E-state index is 0.106. The van der Waals surface area contributed by atoms with Gasteiger partial charge in [0.2, 0.25) is 0 Å². The number of rotatable bonds is 2. The molecule has 15 heavy (non-hydrogen) atoms. The summed E-state index contributed by atoms with van der Waals surface area (Å²) in [5.74, 6) is 0. The molecule has 0 fully saturated rings. The topological polar surface area (TPSA) is 43.8 Å². The van der Waals surface area contributed by atoms with E-state index in [4.69, 9.17) is 5.73 Å². The van der Waals surface area contributed by atoms with Crippen molar-refractivity contribution < 1.29 is 0 Å². The summed E-state index contributed by atoms with van der Waals surface area (Å²) >= 11 is 5.15. The molecular formula is C10H12BrN3S. The Hall–Kier alpha value is -0.650. The Bertz CT molecular complexity index is 475. The first-order valence-corrected chi connectivity index (χ1v) is 6.26. The molecule has 1 atom stereocenters. The first-order valence-electron chi connectivity index (χ1n) is 4.58. The van der Waals surface area contributed by atoms with Crippen LogP contribution in [0.25, 0.3) is 0 Å². The van der Waals surface area contributed by atoms with E-state index < -0.39 is 0 Å². The van der Waals surface area contributed by atoms with Crippen molar-refractivity contribution in [1.82, 2.24) is 9.78 Å². The second-order valence-electron chi connectivity index (χ2n) is 3.44. The van der Waals surface area contributed by atoms with E-state index in [0.717, 1.165) is 20.7 Å². The maximum absolute atomic E-state index is 6.20. The van der Waals surface area contributed by atoms with Gasteiger partial charge in [-0.05, 0) is 40.4 Å².